The Labute approximate surface area is 164 Å². The molecule has 2 amide bonds. The molecule has 0 saturated carbocycles. The third-order valence-corrected chi connectivity index (χ3v) is 4.96. The first kappa shape index (κ1) is 19.9. The SMILES string of the molecule is CC(Cc1ccccc1F)C(=O)N1CCN(C(=O)OCc2ccccc2)CC1. The van der Waals surface area contributed by atoms with E-state index in [0.717, 1.165) is 5.56 Å². The lowest BCUT2D eigenvalue weighted by molar-refractivity contribution is -0.136. The molecule has 28 heavy (non-hydrogen) atoms. The van der Waals surface area contributed by atoms with E-state index in [-0.39, 0.29) is 30.3 Å². The number of carbonyl (C=O) groups excluding carboxylic acids is 2. The Kier molecular flexibility index (Phi) is 6.63. The molecular formula is C22H25FN2O3. The van der Waals surface area contributed by atoms with Crippen molar-refractivity contribution in [2.24, 2.45) is 5.92 Å². The second-order valence-corrected chi connectivity index (χ2v) is 7.05. The Balaban J connectivity index is 1.45. The highest BCUT2D eigenvalue weighted by Crippen LogP contribution is 2.16. The predicted octanol–water partition coefficient (Wildman–Crippen LogP) is 3.49. The Morgan fingerprint density at radius 3 is 2.25 bits per heavy atom. The van der Waals surface area contributed by atoms with Crippen molar-refractivity contribution in [2.45, 2.75) is 20.0 Å². The van der Waals surface area contributed by atoms with Crippen LogP contribution in [0.4, 0.5) is 9.18 Å². The van der Waals surface area contributed by atoms with Gasteiger partial charge >= 0.3 is 6.09 Å². The van der Waals surface area contributed by atoms with E-state index in [1.807, 2.05) is 37.3 Å². The lowest BCUT2D eigenvalue weighted by atomic mass is 9.99. The highest BCUT2D eigenvalue weighted by atomic mass is 19.1. The monoisotopic (exact) mass is 384 g/mol. The maximum absolute atomic E-state index is 13.8. The number of halogens is 1. The third-order valence-electron chi connectivity index (χ3n) is 4.96. The van der Waals surface area contributed by atoms with Crippen LogP contribution in [-0.4, -0.2) is 48.0 Å². The van der Waals surface area contributed by atoms with Gasteiger partial charge in [-0.3, -0.25) is 4.79 Å². The van der Waals surface area contributed by atoms with Crippen LogP contribution in [0.1, 0.15) is 18.1 Å². The first-order chi connectivity index (χ1) is 13.5. The van der Waals surface area contributed by atoms with Crippen molar-refractivity contribution < 1.29 is 18.7 Å². The zero-order valence-electron chi connectivity index (χ0n) is 16.0. The van der Waals surface area contributed by atoms with E-state index in [1.54, 1.807) is 28.0 Å². The molecule has 1 atom stereocenters. The molecule has 0 bridgehead atoms. The molecule has 0 aromatic heterocycles. The van der Waals surface area contributed by atoms with Gasteiger partial charge in [0.1, 0.15) is 12.4 Å². The van der Waals surface area contributed by atoms with Crippen LogP contribution in [0, 0.1) is 11.7 Å². The summed E-state index contributed by atoms with van der Waals surface area (Å²) in [7, 11) is 0. The second-order valence-electron chi connectivity index (χ2n) is 7.05. The number of carbonyl (C=O) groups is 2. The summed E-state index contributed by atoms with van der Waals surface area (Å²) in [4.78, 5) is 28.3. The number of rotatable bonds is 5. The molecular weight excluding hydrogens is 359 g/mol. The molecule has 1 fully saturated rings. The number of ether oxygens (including phenoxy) is 1. The van der Waals surface area contributed by atoms with Crippen LogP contribution in [0.5, 0.6) is 0 Å². The number of hydrogen-bond acceptors (Lipinski definition) is 3. The number of amides is 2. The van der Waals surface area contributed by atoms with Gasteiger partial charge in [0.25, 0.3) is 0 Å². The molecule has 3 rings (SSSR count). The molecule has 1 aliphatic heterocycles. The molecule has 1 aliphatic rings. The molecule has 1 unspecified atom stereocenters. The number of hydrogen-bond donors (Lipinski definition) is 0. The van der Waals surface area contributed by atoms with Crippen molar-refractivity contribution in [3.63, 3.8) is 0 Å². The van der Waals surface area contributed by atoms with Gasteiger partial charge < -0.3 is 14.5 Å². The van der Waals surface area contributed by atoms with Crippen molar-refractivity contribution in [3.8, 4) is 0 Å². The third kappa shape index (κ3) is 5.09. The zero-order valence-corrected chi connectivity index (χ0v) is 16.0. The van der Waals surface area contributed by atoms with Gasteiger partial charge in [-0.2, -0.15) is 0 Å². The summed E-state index contributed by atoms with van der Waals surface area (Å²) >= 11 is 0. The molecule has 0 radical (unpaired) electrons. The standard InChI is InChI=1S/C22H25FN2O3/c1-17(15-19-9-5-6-10-20(19)23)21(26)24-11-13-25(14-12-24)22(27)28-16-18-7-3-2-4-8-18/h2-10,17H,11-16H2,1H3. The summed E-state index contributed by atoms with van der Waals surface area (Å²) < 4.78 is 19.2. The van der Waals surface area contributed by atoms with E-state index in [4.69, 9.17) is 4.74 Å². The summed E-state index contributed by atoms with van der Waals surface area (Å²) in [5, 5.41) is 0. The quantitative estimate of drug-likeness (QED) is 0.793. The maximum atomic E-state index is 13.8. The minimum Gasteiger partial charge on any atom is -0.445 e. The highest BCUT2D eigenvalue weighted by Gasteiger charge is 2.28. The van der Waals surface area contributed by atoms with E-state index >= 15 is 0 Å². The summed E-state index contributed by atoms with van der Waals surface area (Å²) in [5.74, 6) is -0.609. The molecule has 2 aromatic carbocycles. The van der Waals surface area contributed by atoms with Gasteiger partial charge in [-0.1, -0.05) is 55.5 Å². The van der Waals surface area contributed by atoms with E-state index in [1.165, 1.54) is 6.07 Å². The fraction of sp³-hybridized carbons (Fsp3) is 0.364. The largest absolute Gasteiger partial charge is 0.445 e. The predicted molar refractivity (Wildman–Crippen MR) is 104 cm³/mol. The molecule has 0 N–H and O–H groups in total. The van der Waals surface area contributed by atoms with Crippen molar-refractivity contribution in [3.05, 3.63) is 71.5 Å². The molecule has 148 valence electrons. The van der Waals surface area contributed by atoms with Gasteiger partial charge in [0.2, 0.25) is 5.91 Å². The Morgan fingerprint density at radius 2 is 1.57 bits per heavy atom. The van der Waals surface area contributed by atoms with Crippen molar-refractivity contribution in [2.75, 3.05) is 26.2 Å². The maximum Gasteiger partial charge on any atom is 0.410 e. The van der Waals surface area contributed by atoms with Crippen LogP contribution < -0.4 is 0 Å². The van der Waals surface area contributed by atoms with Crippen LogP contribution in [-0.2, 0) is 22.6 Å². The van der Waals surface area contributed by atoms with Gasteiger partial charge in [-0.15, -0.1) is 0 Å². The lowest BCUT2D eigenvalue weighted by Crippen LogP contribution is -2.52. The fourth-order valence-corrected chi connectivity index (χ4v) is 3.31. The topological polar surface area (TPSA) is 49.9 Å². The first-order valence-corrected chi connectivity index (χ1v) is 9.52. The molecule has 1 heterocycles. The number of benzene rings is 2. The molecule has 6 heteroatoms. The minimum absolute atomic E-state index is 0.0134. The van der Waals surface area contributed by atoms with Gasteiger partial charge in [0.15, 0.2) is 0 Å². The fourth-order valence-electron chi connectivity index (χ4n) is 3.31. The minimum atomic E-state index is -0.365. The molecule has 1 saturated heterocycles. The van der Waals surface area contributed by atoms with Crippen LogP contribution in [0.15, 0.2) is 54.6 Å². The normalized spacial score (nSPS) is 15.2. The van der Waals surface area contributed by atoms with E-state index in [9.17, 15) is 14.0 Å². The van der Waals surface area contributed by atoms with Crippen molar-refractivity contribution >= 4 is 12.0 Å². The molecule has 0 aliphatic carbocycles. The van der Waals surface area contributed by atoms with Crippen LogP contribution in [0.25, 0.3) is 0 Å². The Hall–Kier alpha value is -2.89. The highest BCUT2D eigenvalue weighted by molar-refractivity contribution is 5.79. The molecule has 2 aromatic rings. The molecule has 5 nitrogen and oxygen atoms in total. The van der Waals surface area contributed by atoms with Gasteiger partial charge in [0, 0.05) is 32.1 Å². The first-order valence-electron chi connectivity index (χ1n) is 9.52. The summed E-state index contributed by atoms with van der Waals surface area (Å²) in [6, 6.07) is 16.0. The summed E-state index contributed by atoms with van der Waals surface area (Å²) in [6.07, 6.45) is 0.000501. The van der Waals surface area contributed by atoms with E-state index in [0.29, 0.717) is 38.2 Å². The molecule has 0 spiro atoms. The van der Waals surface area contributed by atoms with Crippen LogP contribution in [0.2, 0.25) is 0 Å². The zero-order chi connectivity index (χ0) is 19.9. The smallest absolute Gasteiger partial charge is 0.410 e. The van der Waals surface area contributed by atoms with E-state index < -0.39 is 0 Å². The second kappa shape index (κ2) is 9.35. The van der Waals surface area contributed by atoms with Crippen molar-refractivity contribution in [1.82, 2.24) is 9.80 Å². The van der Waals surface area contributed by atoms with Crippen molar-refractivity contribution in [1.29, 1.82) is 0 Å². The Bertz CT molecular complexity index is 804. The van der Waals surface area contributed by atoms with Crippen LogP contribution >= 0.6 is 0 Å². The number of nitrogens with zero attached hydrogens (tertiary/aromatic N) is 2. The average Bonchev–Trinajstić information content (AvgIpc) is 2.74. The summed E-state index contributed by atoms with van der Waals surface area (Å²) in [5.41, 5.74) is 1.48. The van der Waals surface area contributed by atoms with Gasteiger partial charge in [-0.25, -0.2) is 9.18 Å². The lowest BCUT2D eigenvalue weighted by Gasteiger charge is -2.35. The Morgan fingerprint density at radius 1 is 0.964 bits per heavy atom. The van der Waals surface area contributed by atoms with E-state index in [2.05, 4.69) is 0 Å². The number of piperazine rings is 1. The van der Waals surface area contributed by atoms with Gasteiger partial charge in [-0.05, 0) is 23.6 Å². The van der Waals surface area contributed by atoms with Crippen LogP contribution in [0.3, 0.4) is 0 Å². The average molecular weight is 384 g/mol. The summed E-state index contributed by atoms with van der Waals surface area (Å²) in [6.45, 7) is 3.84. The van der Waals surface area contributed by atoms with Gasteiger partial charge in [0.05, 0.1) is 0 Å².